The minimum atomic E-state index is -0.0103. The Morgan fingerprint density at radius 2 is 1.93 bits per heavy atom. The summed E-state index contributed by atoms with van der Waals surface area (Å²) in [5, 5.41) is 4.98. The zero-order chi connectivity index (χ0) is 19.8. The summed E-state index contributed by atoms with van der Waals surface area (Å²) in [7, 11) is 3.49. The molecule has 0 unspecified atom stereocenters. The number of aryl methyl sites for hydroxylation is 1. The largest absolute Gasteiger partial charge is 0.365 e. The van der Waals surface area contributed by atoms with Crippen molar-refractivity contribution >= 4 is 55.1 Å². The van der Waals surface area contributed by atoms with Crippen LogP contribution in [0.1, 0.15) is 21.5 Å². The van der Waals surface area contributed by atoms with E-state index in [9.17, 15) is 4.79 Å². The van der Waals surface area contributed by atoms with E-state index in [0.29, 0.717) is 17.1 Å². The molecule has 0 saturated heterocycles. The molecule has 28 heavy (non-hydrogen) atoms. The third-order valence-electron chi connectivity index (χ3n) is 4.55. The number of thiophene rings is 1. The summed E-state index contributed by atoms with van der Waals surface area (Å²) in [4.78, 5) is 27.7. The van der Waals surface area contributed by atoms with Gasteiger partial charge in [-0.3, -0.25) is 4.79 Å². The highest BCUT2D eigenvalue weighted by Gasteiger charge is 2.15. The van der Waals surface area contributed by atoms with E-state index in [2.05, 4.69) is 20.3 Å². The van der Waals surface area contributed by atoms with Crippen molar-refractivity contribution in [1.29, 1.82) is 0 Å². The molecule has 4 aromatic rings. The summed E-state index contributed by atoms with van der Waals surface area (Å²) in [6, 6.07) is 7.56. The molecule has 1 amide bonds. The summed E-state index contributed by atoms with van der Waals surface area (Å²) in [5.41, 5.74) is 3.56. The second-order valence-corrected chi connectivity index (χ2v) is 8.07. The lowest BCUT2D eigenvalue weighted by molar-refractivity contribution is 0.0827. The number of halogens is 1. The molecule has 0 aliphatic rings. The maximum atomic E-state index is 12.0. The lowest BCUT2D eigenvalue weighted by Gasteiger charge is -2.11. The molecule has 0 fully saturated rings. The molecule has 0 spiro atoms. The van der Waals surface area contributed by atoms with Crippen molar-refractivity contribution < 1.29 is 4.79 Å². The minimum Gasteiger partial charge on any atom is -0.365 e. The molecule has 6 nitrogen and oxygen atoms in total. The SMILES string of the molecule is Cc1c(Cl)cnc2sc3c(NCc4ccc(C(=O)N(C)C)cc4)ncnc3c12. The Labute approximate surface area is 171 Å². The van der Waals surface area contributed by atoms with Crippen LogP contribution in [0.5, 0.6) is 0 Å². The van der Waals surface area contributed by atoms with Crippen molar-refractivity contribution in [3.05, 3.63) is 58.5 Å². The van der Waals surface area contributed by atoms with Crippen molar-refractivity contribution in [3.8, 4) is 0 Å². The molecule has 8 heteroatoms. The summed E-state index contributed by atoms with van der Waals surface area (Å²) in [5.74, 6) is 0.751. The molecule has 0 bridgehead atoms. The molecule has 1 N–H and O–H groups in total. The van der Waals surface area contributed by atoms with Crippen molar-refractivity contribution in [1.82, 2.24) is 19.9 Å². The summed E-state index contributed by atoms with van der Waals surface area (Å²) < 4.78 is 0.953. The molecular formula is C20H18ClN5OS. The molecule has 0 saturated carbocycles. The van der Waals surface area contributed by atoms with Crippen LogP contribution in [0.3, 0.4) is 0 Å². The monoisotopic (exact) mass is 411 g/mol. The zero-order valence-electron chi connectivity index (χ0n) is 15.7. The van der Waals surface area contributed by atoms with Crippen LogP contribution >= 0.6 is 22.9 Å². The van der Waals surface area contributed by atoms with Crippen molar-refractivity contribution in [2.24, 2.45) is 0 Å². The maximum absolute atomic E-state index is 12.0. The Morgan fingerprint density at radius 1 is 1.18 bits per heavy atom. The molecule has 0 aliphatic heterocycles. The fraction of sp³-hybridized carbons (Fsp3) is 0.200. The Balaban J connectivity index is 1.62. The number of hydrogen-bond donors (Lipinski definition) is 1. The van der Waals surface area contributed by atoms with Crippen LogP contribution in [0.4, 0.5) is 5.82 Å². The lowest BCUT2D eigenvalue weighted by Crippen LogP contribution is -2.21. The number of hydrogen-bond acceptors (Lipinski definition) is 6. The number of benzene rings is 1. The van der Waals surface area contributed by atoms with E-state index < -0.39 is 0 Å². The highest BCUT2D eigenvalue weighted by Crippen LogP contribution is 2.38. The number of carbonyl (C=O) groups excluding carboxylic acids is 1. The highest BCUT2D eigenvalue weighted by molar-refractivity contribution is 7.26. The van der Waals surface area contributed by atoms with Gasteiger partial charge < -0.3 is 10.2 Å². The molecule has 4 rings (SSSR count). The van der Waals surface area contributed by atoms with E-state index in [1.807, 2.05) is 31.2 Å². The van der Waals surface area contributed by atoms with Gasteiger partial charge in [-0.05, 0) is 30.2 Å². The second-order valence-electron chi connectivity index (χ2n) is 6.66. The smallest absolute Gasteiger partial charge is 0.253 e. The first kappa shape index (κ1) is 18.6. The van der Waals surface area contributed by atoms with Crippen LogP contribution < -0.4 is 5.32 Å². The van der Waals surface area contributed by atoms with Crippen molar-refractivity contribution in [2.75, 3.05) is 19.4 Å². The second kappa shape index (κ2) is 7.33. The third-order valence-corrected chi connectivity index (χ3v) is 6.02. The molecule has 3 heterocycles. The molecule has 3 aromatic heterocycles. The van der Waals surface area contributed by atoms with E-state index in [4.69, 9.17) is 11.6 Å². The first-order valence-corrected chi connectivity index (χ1v) is 9.88. The molecule has 0 aliphatic carbocycles. The number of pyridine rings is 1. The van der Waals surface area contributed by atoms with E-state index in [1.165, 1.54) is 0 Å². The fourth-order valence-electron chi connectivity index (χ4n) is 2.99. The maximum Gasteiger partial charge on any atom is 0.253 e. The number of aromatic nitrogens is 3. The van der Waals surface area contributed by atoms with Gasteiger partial charge in [0.1, 0.15) is 17.0 Å². The van der Waals surface area contributed by atoms with Gasteiger partial charge in [0.05, 0.1) is 15.2 Å². The first-order chi connectivity index (χ1) is 13.5. The topological polar surface area (TPSA) is 71.0 Å². The number of amides is 1. The fourth-order valence-corrected chi connectivity index (χ4v) is 4.26. The quantitative estimate of drug-likeness (QED) is 0.534. The standard InChI is InChI=1S/C20H18ClN5OS/c1-11-14(21)9-23-19-15(11)16-17(28-19)18(25-10-24-16)22-8-12-4-6-13(7-5-12)20(27)26(2)3/h4-7,9-10H,8H2,1-3H3,(H,22,24,25). The average molecular weight is 412 g/mol. The Hall–Kier alpha value is -2.77. The summed E-state index contributed by atoms with van der Waals surface area (Å²) in [6.45, 7) is 2.56. The van der Waals surface area contributed by atoms with Gasteiger partial charge in [-0.15, -0.1) is 11.3 Å². The molecular weight excluding hydrogens is 394 g/mol. The molecule has 0 radical (unpaired) electrons. The lowest BCUT2D eigenvalue weighted by atomic mass is 10.1. The number of rotatable bonds is 4. The Bertz CT molecular complexity index is 1190. The van der Waals surface area contributed by atoms with Gasteiger partial charge in [0.15, 0.2) is 0 Å². The van der Waals surface area contributed by atoms with E-state index in [1.54, 1.807) is 42.9 Å². The summed E-state index contributed by atoms with van der Waals surface area (Å²) >= 11 is 7.78. The van der Waals surface area contributed by atoms with Crippen molar-refractivity contribution in [2.45, 2.75) is 13.5 Å². The normalized spacial score (nSPS) is 11.1. The van der Waals surface area contributed by atoms with Crippen LogP contribution in [-0.2, 0) is 6.54 Å². The zero-order valence-corrected chi connectivity index (χ0v) is 17.2. The number of carbonyl (C=O) groups is 1. The predicted octanol–water partition coefficient (Wildman–Crippen LogP) is 4.52. The van der Waals surface area contributed by atoms with Gasteiger partial charge in [-0.1, -0.05) is 23.7 Å². The first-order valence-electron chi connectivity index (χ1n) is 8.68. The van der Waals surface area contributed by atoms with Gasteiger partial charge in [0, 0.05) is 37.8 Å². The molecule has 1 aromatic carbocycles. The molecule has 142 valence electrons. The van der Waals surface area contributed by atoms with Crippen LogP contribution in [0.15, 0.2) is 36.8 Å². The van der Waals surface area contributed by atoms with Crippen LogP contribution in [0.2, 0.25) is 5.02 Å². The van der Waals surface area contributed by atoms with E-state index in [-0.39, 0.29) is 5.91 Å². The third kappa shape index (κ3) is 3.27. The predicted molar refractivity (Wildman–Crippen MR) is 114 cm³/mol. The van der Waals surface area contributed by atoms with Crippen LogP contribution in [-0.4, -0.2) is 39.9 Å². The van der Waals surface area contributed by atoms with Gasteiger partial charge in [0.25, 0.3) is 5.91 Å². The number of nitrogens with zero attached hydrogens (tertiary/aromatic N) is 4. The average Bonchev–Trinajstić information content (AvgIpc) is 3.09. The summed E-state index contributed by atoms with van der Waals surface area (Å²) in [6.07, 6.45) is 3.22. The van der Waals surface area contributed by atoms with Crippen LogP contribution in [0, 0.1) is 6.92 Å². The van der Waals surface area contributed by atoms with Gasteiger partial charge in [0.2, 0.25) is 0 Å². The van der Waals surface area contributed by atoms with Gasteiger partial charge in [-0.25, -0.2) is 15.0 Å². The Morgan fingerprint density at radius 3 is 2.64 bits per heavy atom. The highest BCUT2D eigenvalue weighted by atomic mass is 35.5. The van der Waals surface area contributed by atoms with Crippen molar-refractivity contribution in [3.63, 3.8) is 0 Å². The Kier molecular flexibility index (Phi) is 4.87. The number of fused-ring (bicyclic) bond motifs is 3. The number of anilines is 1. The molecule has 0 atom stereocenters. The van der Waals surface area contributed by atoms with Gasteiger partial charge in [-0.2, -0.15) is 0 Å². The number of nitrogens with one attached hydrogen (secondary N) is 1. The van der Waals surface area contributed by atoms with Gasteiger partial charge >= 0.3 is 0 Å². The van der Waals surface area contributed by atoms with E-state index in [0.717, 1.165) is 37.4 Å². The van der Waals surface area contributed by atoms with E-state index >= 15 is 0 Å². The van der Waals surface area contributed by atoms with Crippen LogP contribution in [0.25, 0.3) is 20.4 Å². The minimum absolute atomic E-state index is 0.0103.